The van der Waals surface area contributed by atoms with E-state index in [2.05, 4.69) is 16.2 Å². The minimum atomic E-state index is 0.573. The number of nitrogens with two attached hydrogens (primary N) is 1. The number of anilines is 1. The summed E-state index contributed by atoms with van der Waals surface area (Å²) in [5.41, 5.74) is 9.58. The van der Waals surface area contributed by atoms with Gasteiger partial charge in [0.25, 0.3) is 0 Å². The first-order chi connectivity index (χ1) is 10.2. The Bertz CT molecular complexity index is 825. The molecule has 0 fully saturated rings. The number of hydrogen-bond donors (Lipinski definition) is 1. The van der Waals surface area contributed by atoms with E-state index in [1.54, 1.807) is 11.0 Å². The molecule has 0 amide bonds. The average molecular weight is 275 g/mol. The van der Waals surface area contributed by atoms with Crippen molar-refractivity contribution in [1.82, 2.24) is 14.8 Å². The number of hydrogen-bond acceptors (Lipinski definition) is 4. The summed E-state index contributed by atoms with van der Waals surface area (Å²) < 4.78 is 1.61. The van der Waals surface area contributed by atoms with Crippen LogP contribution in [0.4, 0.5) is 5.69 Å². The molecule has 0 radical (unpaired) electrons. The van der Waals surface area contributed by atoms with Gasteiger partial charge in [-0.2, -0.15) is 5.26 Å². The average Bonchev–Trinajstić information content (AvgIpc) is 2.97. The normalized spacial score (nSPS) is 10.3. The summed E-state index contributed by atoms with van der Waals surface area (Å²) in [5.74, 6) is 0.597. The fourth-order valence-corrected chi connectivity index (χ4v) is 2.08. The second kappa shape index (κ2) is 5.10. The fraction of sp³-hybridized carbons (Fsp3) is 0.0625. The van der Waals surface area contributed by atoms with Crippen LogP contribution in [0.25, 0.3) is 17.1 Å². The van der Waals surface area contributed by atoms with Gasteiger partial charge >= 0.3 is 0 Å². The first-order valence-corrected chi connectivity index (χ1v) is 6.46. The van der Waals surface area contributed by atoms with Gasteiger partial charge in [0.1, 0.15) is 12.4 Å². The number of rotatable bonds is 2. The molecular weight excluding hydrogens is 262 g/mol. The summed E-state index contributed by atoms with van der Waals surface area (Å²) in [6, 6.07) is 15.2. The lowest BCUT2D eigenvalue weighted by molar-refractivity contribution is 0.878. The van der Waals surface area contributed by atoms with Crippen LogP contribution in [-0.4, -0.2) is 14.8 Å². The molecule has 0 saturated carbocycles. The summed E-state index contributed by atoms with van der Waals surface area (Å²) in [4.78, 5) is 4.29. The molecule has 3 rings (SSSR count). The van der Waals surface area contributed by atoms with Gasteiger partial charge in [-0.1, -0.05) is 6.07 Å². The Labute approximate surface area is 122 Å². The second-order valence-electron chi connectivity index (χ2n) is 4.77. The van der Waals surface area contributed by atoms with Gasteiger partial charge in [-0.15, -0.1) is 5.10 Å². The van der Waals surface area contributed by atoms with Crippen LogP contribution >= 0.6 is 0 Å². The van der Waals surface area contributed by atoms with Gasteiger partial charge in [0.15, 0.2) is 5.82 Å². The van der Waals surface area contributed by atoms with Crippen LogP contribution in [-0.2, 0) is 0 Å². The van der Waals surface area contributed by atoms with Crippen LogP contribution in [0.15, 0.2) is 48.8 Å². The molecule has 21 heavy (non-hydrogen) atoms. The third kappa shape index (κ3) is 2.47. The molecule has 0 bridgehead atoms. The monoisotopic (exact) mass is 275 g/mol. The third-order valence-electron chi connectivity index (χ3n) is 3.18. The number of aryl methyl sites for hydroxylation is 1. The maximum absolute atomic E-state index is 9.23. The summed E-state index contributed by atoms with van der Waals surface area (Å²) in [5, 5.41) is 13.7. The Kier molecular flexibility index (Phi) is 3.13. The second-order valence-corrected chi connectivity index (χ2v) is 4.77. The summed E-state index contributed by atoms with van der Waals surface area (Å²) in [7, 11) is 0. The van der Waals surface area contributed by atoms with E-state index in [1.165, 1.54) is 0 Å². The number of nitrogens with zero attached hydrogens (tertiary/aromatic N) is 4. The van der Waals surface area contributed by atoms with Crippen LogP contribution in [0.1, 0.15) is 11.1 Å². The molecule has 5 nitrogen and oxygen atoms in total. The van der Waals surface area contributed by atoms with E-state index < -0.39 is 0 Å². The van der Waals surface area contributed by atoms with Crippen molar-refractivity contribution < 1.29 is 0 Å². The molecule has 2 aromatic carbocycles. The first-order valence-electron chi connectivity index (χ1n) is 6.46. The number of aromatic nitrogens is 3. The van der Waals surface area contributed by atoms with Crippen molar-refractivity contribution in [2.45, 2.75) is 6.92 Å². The highest BCUT2D eigenvalue weighted by Crippen LogP contribution is 2.19. The minimum Gasteiger partial charge on any atom is -0.399 e. The molecule has 2 N–H and O–H groups in total. The summed E-state index contributed by atoms with van der Waals surface area (Å²) in [6.07, 6.45) is 1.61. The highest BCUT2D eigenvalue weighted by Gasteiger charge is 2.09. The molecule has 5 heteroatoms. The minimum absolute atomic E-state index is 0.573. The Morgan fingerprint density at radius 1 is 1.14 bits per heavy atom. The van der Waals surface area contributed by atoms with Gasteiger partial charge < -0.3 is 5.73 Å². The lowest BCUT2D eigenvalue weighted by Crippen LogP contribution is -1.98. The van der Waals surface area contributed by atoms with Gasteiger partial charge in [-0.3, -0.25) is 0 Å². The Morgan fingerprint density at radius 2 is 1.90 bits per heavy atom. The van der Waals surface area contributed by atoms with Crippen molar-refractivity contribution in [3.8, 4) is 23.1 Å². The van der Waals surface area contributed by atoms with Crippen LogP contribution in [0.5, 0.6) is 0 Å². The molecule has 1 heterocycles. The van der Waals surface area contributed by atoms with Crippen molar-refractivity contribution in [1.29, 1.82) is 5.26 Å². The van der Waals surface area contributed by atoms with E-state index in [4.69, 9.17) is 5.73 Å². The van der Waals surface area contributed by atoms with Crippen molar-refractivity contribution in [3.05, 3.63) is 59.9 Å². The van der Waals surface area contributed by atoms with E-state index in [0.717, 1.165) is 16.8 Å². The van der Waals surface area contributed by atoms with Gasteiger partial charge in [0.2, 0.25) is 0 Å². The van der Waals surface area contributed by atoms with Gasteiger partial charge in [0, 0.05) is 11.3 Å². The van der Waals surface area contributed by atoms with E-state index >= 15 is 0 Å². The predicted molar refractivity (Wildman–Crippen MR) is 80.7 cm³/mol. The molecule has 0 spiro atoms. The lowest BCUT2D eigenvalue weighted by atomic mass is 10.1. The number of nitriles is 1. The standard InChI is InChI=1S/C16H13N5/c1-11-2-7-15(13(8-11)9-17)21-10-19-16(20-21)12-3-5-14(18)6-4-12/h2-8,10H,18H2,1H3. The highest BCUT2D eigenvalue weighted by atomic mass is 15.3. The molecule has 3 aromatic rings. The largest absolute Gasteiger partial charge is 0.399 e. The van der Waals surface area contributed by atoms with Crippen molar-refractivity contribution in [2.75, 3.05) is 5.73 Å². The number of benzene rings is 2. The maximum Gasteiger partial charge on any atom is 0.181 e. The molecule has 0 atom stereocenters. The topological polar surface area (TPSA) is 80.5 Å². The molecule has 1 aromatic heterocycles. The molecule has 0 aliphatic heterocycles. The van der Waals surface area contributed by atoms with Crippen molar-refractivity contribution in [2.24, 2.45) is 0 Å². The molecule has 102 valence electrons. The Hall–Kier alpha value is -3.13. The van der Waals surface area contributed by atoms with Crippen LogP contribution < -0.4 is 5.73 Å². The number of nitrogen functional groups attached to an aromatic ring is 1. The predicted octanol–water partition coefficient (Wildman–Crippen LogP) is 2.70. The van der Waals surface area contributed by atoms with E-state index in [9.17, 15) is 5.26 Å². The Morgan fingerprint density at radius 3 is 2.62 bits per heavy atom. The molecule has 0 aliphatic rings. The zero-order chi connectivity index (χ0) is 14.8. The SMILES string of the molecule is Cc1ccc(-n2cnc(-c3ccc(N)cc3)n2)c(C#N)c1. The zero-order valence-corrected chi connectivity index (χ0v) is 11.5. The van der Waals surface area contributed by atoms with Crippen LogP contribution in [0, 0.1) is 18.3 Å². The van der Waals surface area contributed by atoms with Gasteiger partial charge in [0.05, 0.1) is 11.3 Å². The first kappa shape index (κ1) is 12.9. The summed E-state index contributed by atoms with van der Waals surface area (Å²) >= 11 is 0. The van der Waals surface area contributed by atoms with Crippen molar-refractivity contribution >= 4 is 5.69 Å². The molecule has 0 saturated heterocycles. The molecular formula is C16H13N5. The fourth-order valence-electron chi connectivity index (χ4n) is 2.08. The maximum atomic E-state index is 9.23. The van der Waals surface area contributed by atoms with Gasteiger partial charge in [-0.25, -0.2) is 9.67 Å². The molecule has 0 unspecified atom stereocenters. The Balaban J connectivity index is 2.03. The smallest absolute Gasteiger partial charge is 0.181 e. The quantitative estimate of drug-likeness (QED) is 0.729. The van der Waals surface area contributed by atoms with Crippen molar-refractivity contribution in [3.63, 3.8) is 0 Å². The van der Waals surface area contributed by atoms with Crippen LogP contribution in [0.3, 0.4) is 0 Å². The van der Waals surface area contributed by atoms with Gasteiger partial charge in [-0.05, 0) is 48.9 Å². The van der Waals surface area contributed by atoms with E-state index in [-0.39, 0.29) is 0 Å². The third-order valence-corrected chi connectivity index (χ3v) is 3.18. The molecule has 0 aliphatic carbocycles. The van der Waals surface area contributed by atoms with Crippen LogP contribution in [0.2, 0.25) is 0 Å². The highest BCUT2D eigenvalue weighted by molar-refractivity contribution is 5.59. The lowest BCUT2D eigenvalue weighted by Gasteiger charge is -2.04. The van der Waals surface area contributed by atoms with E-state index in [0.29, 0.717) is 17.1 Å². The van der Waals surface area contributed by atoms with E-state index in [1.807, 2.05) is 49.4 Å². The summed E-state index contributed by atoms with van der Waals surface area (Å²) in [6.45, 7) is 1.95. The zero-order valence-electron chi connectivity index (χ0n) is 11.5.